The van der Waals surface area contributed by atoms with Gasteiger partial charge in [-0.15, -0.1) is 0 Å². The normalized spacial score (nSPS) is 30.7. The average Bonchev–Trinajstić information content (AvgIpc) is 2.42. The highest BCUT2D eigenvalue weighted by Crippen LogP contribution is 2.28. The van der Waals surface area contributed by atoms with Crippen LogP contribution in [0.1, 0.15) is 18.4 Å². The predicted molar refractivity (Wildman–Crippen MR) is 73.9 cm³/mol. The fraction of sp³-hybridized carbons (Fsp3) is 0.571. The maximum atomic E-state index is 13.4. The first kappa shape index (κ1) is 12.6. The molecule has 0 spiro atoms. The zero-order valence-corrected chi connectivity index (χ0v) is 11.9. The second kappa shape index (κ2) is 5.27. The Balaban J connectivity index is 1.63. The molecule has 1 N–H and O–H groups in total. The van der Waals surface area contributed by atoms with Gasteiger partial charge in [-0.25, -0.2) is 4.39 Å². The zero-order chi connectivity index (χ0) is 12.5. The van der Waals surface area contributed by atoms with Gasteiger partial charge >= 0.3 is 0 Å². The van der Waals surface area contributed by atoms with Gasteiger partial charge in [0.25, 0.3) is 0 Å². The molecule has 1 atom stereocenters. The second-order valence-electron chi connectivity index (χ2n) is 5.34. The quantitative estimate of drug-likeness (QED) is 0.923. The van der Waals surface area contributed by atoms with E-state index in [-0.39, 0.29) is 5.82 Å². The van der Waals surface area contributed by atoms with Crippen LogP contribution in [-0.4, -0.2) is 30.6 Å². The Morgan fingerprint density at radius 2 is 2.11 bits per heavy atom. The van der Waals surface area contributed by atoms with Gasteiger partial charge in [-0.2, -0.15) is 0 Å². The van der Waals surface area contributed by atoms with Crippen molar-refractivity contribution in [3.05, 3.63) is 34.1 Å². The fourth-order valence-corrected chi connectivity index (χ4v) is 3.53. The lowest BCUT2D eigenvalue weighted by atomic mass is 9.84. The molecule has 1 unspecified atom stereocenters. The molecule has 18 heavy (non-hydrogen) atoms. The van der Waals surface area contributed by atoms with Crippen molar-refractivity contribution in [1.82, 2.24) is 10.2 Å². The molecule has 0 aromatic heterocycles. The summed E-state index contributed by atoms with van der Waals surface area (Å²) in [5.74, 6) is 0.630. The Morgan fingerprint density at radius 1 is 1.33 bits per heavy atom. The van der Waals surface area contributed by atoms with Gasteiger partial charge in [0.05, 0.1) is 4.47 Å². The largest absolute Gasteiger partial charge is 0.308 e. The Bertz CT molecular complexity index is 430. The van der Waals surface area contributed by atoms with Gasteiger partial charge in [-0.1, -0.05) is 12.1 Å². The Morgan fingerprint density at radius 3 is 2.78 bits per heavy atom. The van der Waals surface area contributed by atoms with E-state index < -0.39 is 0 Å². The third-order valence-corrected chi connectivity index (χ3v) is 5.13. The zero-order valence-electron chi connectivity index (χ0n) is 10.3. The summed E-state index contributed by atoms with van der Waals surface area (Å²) in [6.07, 6.45) is 2.62. The molecule has 0 radical (unpaired) electrons. The van der Waals surface area contributed by atoms with Crippen LogP contribution in [-0.2, 0) is 6.54 Å². The summed E-state index contributed by atoms with van der Waals surface area (Å²) in [7, 11) is 0. The number of nitrogens with one attached hydrogen (secondary N) is 1. The van der Waals surface area contributed by atoms with Gasteiger partial charge in [0, 0.05) is 19.1 Å². The molecule has 1 aromatic carbocycles. The van der Waals surface area contributed by atoms with Crippen molar-refractivity contribution < 1.29 is 4.39 Å². The molecule has 3 heterocycles. The molecule has 0 saturated carbocycles. The lowest BCUT2D eigenvalue weighted by Gasteiger charge is -2.45. The first-order chi connectivity index (χ1) is 8.74. The van der Waals surface area contributed by atoms with E-state index in [0.717, 1.165) is 24.6 Å². The van der Waals surface area contributed by atoms with Crippen molar-refractivity contribution >= 4 is 15.9 Å². The number of benzene rings is 1. The van der Waals surface area contributed by atoms with Crippen LogP contribution in [0.5, 0.6) is 0 Å². The molecule has 2 bridgehead atoms. The highest BCUT2D eigenvalue weighted by atomic mass is 79.9. The molecule has 2 nitrogen and oxygen atoms in total. The summed E-state index contributed by atoms with van der Waals surface area (Å²) in [5, 5.41) is 3.60. The first-order valence-electron chi connectivity index (χ1n) is 6.62. The van der Waals surface area contributed by atoms with Crippen LogP contribution in [0.15, 0.2) is 22.7 Å². The van der Waals surface area contributed by atoms with Crippen LogP contribution in [0.4, 0.5) is 4.39 Å². The van der Waals surface area contributed by atoms with Crippen LogP contribution in [0.3, 0.4) is 0 Å². The van der Waals surface area contributed by atoms with E-state index in [9.17, 15) is 4.39 Å². The monoisotopic (exact) mass is 312 g/mol. The summed E-state index contributed by atoms with van der Waals surface area (Å²) >= 11 is 3.32. The Hall–Kier alpha value is -0.450. The number of halogens is 2. The van der Waals surface area contributed by atoms with E-state index in [1.54, 1.807) is 6.07 Å². The molecular weight excluding hydrogens is 295 g/mol. The number of rotatable bonds is 3. The number of hydrogen-bond donors (Lipinski definition) is 1. The molecule has 3 aliphatic heterocycles. The Labute approximate surface area is 116 Å². The number of fused-ring (bicyclic) bond motifs is 3. The summed E-state index contributed by atoms with van der Waals surface area (Å²) in [5.41, 5.74) is 1.01. The van der Waals surface area contributed by atoms with Gasteiger partial charge in [0.1, 0.15) is 5.82 Å². The predicted octanol–water partition coefficient (Wildman–Crippen LogP) is 2.77. The van der Waals surface area contributed by atoms with E-state index >= 15 is 0 Å². The van der Waals surface area contributed by atoms with Gasteiger partial charge in [-0.3, -0.25) is 0 Å². The van der Waals surface area contributed by atoms with Gasteiger partial charge in [0.15, 0.2) is 0 Å². The van der Waals surface area contributed by atoms with Gasteiger partial charge in [0.2, 0.25) is 0 Å². The van der Waals surface area contributed by atoms with Crippen LogP contribution in [0.2, 0.25) is 0 Å². The van der Waals surface area contributed by atoms with Crippen molar-refractivity contribution in [3.8, 4) is 0 Å². The molecular formula is C14H18BrFN2. The number of nitrogens with zero attached hydrogens (tertiary/aromatic N) is 1. The smallest absolute Gasteiger partial charge is 0.137 e. The lowest BCUT2D eigenvalue weighted by Crippen LogP contribution is -2.55. The van der Waals surface area contributed by atoms with Crippen LogP contribution in [0, 0.1) is 11.7 Å². The minimum absolute atomic E-state index is 0.178. The van der Waals surface area contributed by atoms with E-state index in [1.165, 1.54) is 32.0 Å². The van der Waals surface area contributed by atoms with Crippen molar-refractivity contribution in [2.75, 3.05) is 19.6 Å². The van der Waals surface area contributed by atoms with E-state index in [2.05, 4.69) is 26.1 Å². The molecule has 0 aliphatic carbocycles. The molecule has 4 heteroatoms. The molecule has 1 aromatic rings. The Kier molecular flexibility index (Phi) is 3.68. The lowest BCUT2D eigenvalue weighted by molar-refractivity contribution is 0.0719. The maximum absolute atomic E-state index is 13.4. The van der Waals surface area contributed by atoms with Gasteiger partial charge < -0.3 is 10.2 Å². The molecule has 3 saturated heterocycles. The third-order valence-electron chi connectivity index (χ3n) is 4.24. The van der Waals surface area contributed by atoms with Crippen LogP contribution < -0.4 is 5.32 Å². The molecule has 3 fully saturated rings. The third kappa shape index (κ3) is 2.46. The van der Waals surface area contributed by atoms with Gasteiger partial charge in [-0.05, 0) is 59.4 Å². The van der Waals surface area contributed by atoms with Crippen LogP contribution in [0.25, 0.3) is 0 Å². The average molecular weight is 313 g/mol. The molecule has 0 amide bonds. The highest BCUT2D eigenvalue weighted by Gasteiger charge is 2.33. The highest BCUT2D eigenvalue weighted by molar-refractivity contribution is 9.10. The van der Waals surface area contributed by atoms with Crippen molar-refractivity contribution in [2.24, 2.45) is 5.92 Å². The SMILES string of the molecule is Fc1cccc(CNC2CN3CCC2CC3)c1Br. The summed E-state index contributed by atoms with van der Waals surface area (Å²) in [6, 6.07) is 5.81. The fourth-order valence-electron chi connectivity index (χ4n) is 3.12. The van der Waals surface area contributed by atoms with Crippen molar-refractivity contribution in [3.63, 3.8) is 0 Å². The standard InChI is InChI=1S/C14H18BrFN2/c15-14-11(2-1-3-12(14)16)8-17-13-9-18-6-4-10(13)5-7-18/h1-3,10,13,17H,4-9H2. The summed E-state index contributed by atoms with van der Waals surface area (Å²) in [6.45, 7) is 4.41. The number of piperidine rings is 3. The minimum atomic E-state index is -0.178. The van der Waals surface area contributed by atoms with E-state index in [0.29, 0.717) is 10.5 Å². The van der Waals surface area contributed by atoms with E-state index in [4.69, 9.17) is 0 Å². The van der Waals surface area contributed by atoms with Crippen molar-refractivity contribution in [2.45, 2.75) is 25.4 Å². The summed E-state index contributed by atoms with van der Waals surface area (Å²) in [4.78, 5) is 2.53. The molecule has 4 rings (SSSR count). The maximum Gasteiger partial charge on any atom is 0.137 e. The molecule has 98 valence electrons. The topological polar surface area (TPSA) is 15.3 Å². The van der Waals surface area contributed by atoms with Crippen LogP contribution >= 0.6 is 15.9 Å². The first-order valence-corrected chi connectivity index (χ1v) is 7.42. The summed E-state index contributed by atoms with van der Waals surface area (Å²) < 4.78 is 14.0. The minimum Gasteiger partial charge on any atom is -0.308 e. The molecule has 3 aliphatic rings. The van der Waals surface area contributed by atoms with E-state index in [1.807, 2.05) is 6.07 Å². The number of hydrogen-bond acceptors (Lipinski definition) is 2. The second-order valence-corrected chi connectivity index (χ2v) is 6.13. The van der Waals surface area contributed by atoms with Crippen molar-refractivity contribution in [1.29, 1.82) is 0 Å².